The molecule has 2 saturated heterocycles. The van der Waals surface area contributed by atoms with E-state index >= 15 is 0 Å². The Labute approximate surface area is 196 Å². The lowest BCUT2D eigenvalue weighted by Gasteiger charge is -2.40. The van der Waals surface area contributed by atoms with Gasteiger partial charge in [-0.05, 0) is 59.7 Å². The number of rotatable bonds is 4. The number of anilines is 1. The number of ether oxygens (including phenoxy) is 1. The molecule has 0 unspecified atom stereocenters. The lowest BCUT2D eigenvalue weighted by atomic mass is 10.00. The molecule has 6 nitrogen and oxygen atoms in total. The molecule has 0 spiro atoms. The van der Waals surface area contributed by atoms with Gasteiger partial charge in [0, 0.05) is 51.0 Å². The minimum absolute atomic E-state index is 0.0594. The number of hydrogen-bond acceptors (Lipinski definition) is 5. The van der Waals surface area contributed by atoms with Crippen LogP contribution in [0.15, 0.2) is 36.4 Å². The number of piperidine rings is 1. The number of phenols is 1. The van der Waals surface area contributed by atoms with Gasteiger partial charge in [0.25, 0.3) is 5.91 Å². The Morgan fingerprint density at radius 1 is 0.970 bits per heavy atom. The van der Waals surface area contributed by atoms with E-state index in [1.807, 2.05) is 17.0 Å². The summed E-state index contributed by atoms with van der Waals surface area (Å²) in [7, 11) is 0. The summed E-state index contributed by atoms with van der Waals surface area (Å²) in [6.07, 6.45) is 2.38. The highest BCUT2D eigenvalue weighted by Gasteiger charge is 2.29. The second-order valence-electron chi connectivity index (χ2n) is 9.91. The maximum atomic E-state index is 13.2. The van der Waals surface area contributed by atoms with Crippen LogP contribution in [0.3, 0.4) is 0 Å². The third-order valence-electron chi connectivity index (χ3n) is 7.51. The van der Waals surface area contributed by atoms with E-state index in [2.05, 4.69) is 41.8 Å². The van der Waals surface area contributed by atoms with Crippen LogP contribution in [0.1, 0.15) is 59.7 Å². The van der Waals surface area contributed by atoms with Gasteiger partial charge in [-0.3, -0.25) is 9.69 Å². The average molecular weight is 450 g/mol. The van der Waals surface area contributed by atoms with Crippen molar-refractivity contribution >= 4 is 11.6 Å². The number of carbonyl (C=O) groups excluding carboxylic acids is 1. The molecule has 3 aliphatic heterocycles. The van der Waals surface area contributed by atoms with E-state index in [1.165, 1.54) is 29.7 Å². The second kappa shape index (κ2) is 9.35. The molecule has 0 atom stereocenters. The fourth-order valence-corrected chi connectivity index (χ4v) is 5.41. The topological polar surface area (TPSA) is 56.2 Å². The molecule has 3 aliphatic rings. The summed E-state index contributed by atoms with van der Waals surface area (Å²) in [5.41, 5.74) is 5.15. The Bertz CT molecular complexity index is 1010. The number of morpholine rings is 1. The first-order valence-corrected chi connectivity index (χ1v) is 12.3. The molecule has 2 fully saturated rings. The first-order chi connectivity index (χ1) is 16.0. The summed E-state index contributed by atoms with van der Waals surface area (Å²) in [5.74, 6) is 0.270. The number of carbonyl (C=O) groups is 1. The maximum Gasteiger partial charge on any atom is 0.258 e. The van der Waals surface area contributed by atoms with Gasteiger partial charge >= 0.3 is 0 Å². The average Bonchev–Trinajstić information content (AvgIpc) is 3.28. The van der Waals surface area contributed by atoms with E-state index in [1.54, 1.807) is 6.07 Å². The van der Waals surface area contributed by atoms with Crippen molar-refractivity contribution in [3.8, 4) is 5.75 Å². The van der Waals surface area contributed by atoms with Gasteiger partial charge in [0.2, 0.25) is 0 Å². The van der Waals surface area contributed by atoms with E-state index in [0.29, 0.717) is 30.6 Å². The van der Waals surface area contributed by atoms with Crippen LogP contribution in [-0.2, 0) is 17.8 Å². The van der Waals surface area contributed by atoms with Gasteiger partial charge in [-0.15, -0.1) is 0 Å². The Morgan fingerprint density at radius 3 is 2.42 bits per heavy atom. The van der Waals surface area contributed by atoms with Crippen LogP contribution >= 0.6 is 0 Å². The first-order valence-electron chi connectivity index (χ1n) is 12.3. The summed E-state index contributed by atoms with van der Waals surface area (Å²) in [4.78, 5) is 20.2. The number of aromatic hydroxyl groups is 1. The molecule has 2 aromatic rings. The summed E-state index contributed by atoms with van der Waals surface area (Å²) < 4.78 is 5.51. The number of fused-ring (bicyclic) bond motifs is 1. The maximum absolute atomic E-state index is 13.2. The third kappa shape index (κ3) is 4.59. The Hall–Kier alpha value is -2.57. The smallest absolute Gasteiger partial charge is 0.258 e. The molecule has 0 radical (unpaired) electrons. The minimum atomic E-state index is -0.0981. The predicted octanol–water partition coefficient (Wildman–Crippen LogP) is 3.97. The predicted molar refractivity (Wildman–Crippen MR) is 130 cm³/mol. The zero-order valence-corrected chi connectivity index (χ0v) is 19.8. The van der Waals surface area contributed by atoms with Gasteiger partial charge in [-0.2, -0.15) is 0 Å². The van der Waals surface area contributed by atoms with Crippen LogP contribution in [0.2, 0.25) is 0 Å². The van der Waals surface area contributed by atoms with Crippen molar-refractivity contribution < 1.29 is 14.6 Å². The van der Waals surface area contributed by atoms with Crippen LogP contribution in [0.5, 0.6) is 5.75 Å². The molecule has 33 heavy (non-hydrogen) atoms. The first kappa shape index (κ1) is 22.2. The Morgan fingerprint density at radius 2 is 1.70 bits per heavy atom. The number of amides is 1. The molecule has 6 heteroatoms. The SMILES string of the molecule is CC(C)c1ccc(O)c(C(=O)N2Cc3ccc(N4CCC(N5CCOCC5)CC4)cc3C2)c1. The zero-order valence-electron chi connectivity index (χ0n) is 19.8. The molecule has 3 heterocycles. The number of hydrogen-bond donors (Lipinski definition) is 1. The van der Waals surface area contributed by atoms with Gasteiger partial charge in [0.05, 0.1) is 18.8 Å². The standard InChI is InChI=1S/C27H35N3O3/c1-19(2)20-4-6-26(31)25(16-20)27(32)30-17-21-3-5-24(15-22(21)18-30)28-9-7-23(8-10-28)29-11-13-33-14-12-29/h3-6,15-16,19,23,31H,7-14,17-18H2,1-2H3. The lowest BCUT2D eigenvalue weighted by Crippen LogP contribution is -2.49. The Balaban J connectivity index is 1.24. The molecule has 2 aromatic carbocycles. The summed E-state index contributed by atoms with van der Waals surface area (Å²) in [6.45, 7) is 11.4. The molecule has 0 aromatic heterocycles. The van der Waals surface area contributed by atoms with Crippen LogP contribution in [-0.4, -0.2) is 66.2 Å². The molecular formula is C27H35N3O3. The lowest BCUT2D eigenvalue weighted by molar-refractivity contribution is 0.0115. The molecule has 5 rings (SSSR count). The highest BCUT2D eigenvalue weighted by molar-refractivity contribution is 5.97. The van der Waals surface area contributed by atoms with Gasteiger partial charge in [-0.1, -0.05) is 26.0 Å². The fourth-order valence-electron chi connectivity index (χ4n) is 5.41. The summed E-state index contributed by atoms with van der Waals surface area (Å²) >= 11 is 0. The summed E-state index contributed by atoms with van der Waals surface area (Å²) in [6, 6.07) is 12.7. The largest absolute Gasteiger partial charge is 0.507 e. The fraction of sp³-hybridized carbons (Fsp3) is 0.519. The van der Waals surface area contributed by atoms with Crippen molar-refractivity contribution in [1.82, 2.24) is 9.80 Å². The molecular weight excluding hydrogens is 414 g/mol. The van der Waals surface area contributed by atoms with Crippen molar-refractivity contribution in [3.05, 3.63) is 58.7 Å². The van der Waals surface area contributed by atoms with E-state index in [-0.39, 0.29) is 11.7 Å². The molecule has 0 saturated carbocycles. The zero-order chi connectivity index (χ0) is 22.9. The molecule has 1 amide bonds. The number of phenolic OH excluding ortho intramolecular Hbond substituents is 1. The molecule has 1 N–H and O–H groups in total. The summed E-state index contributed by atoms with van der Waals surface area (Å²) in [5, 5.41) is 10.3. The number of nitrogens with zero attached hydrogens (tertiary/aromatic N) is 3. The second-order valence-corrected chi connectivity index (χ2v) is 9.91. The number of benzene rings is 2. The van der Waals surface area contributed by atoms with Crippen molar-refractivity contribution in [2.24, 2.45) is 0 Å². The highest BCUT2D eigenvalue weighted by Crippen LogP contribution is 2.32. The van der Waals surface area contributed by atoms with Crippen LogP contribution in [0.4, 0.5) is 5.69 Å². The van der Waals surface area contributed by atoms with Crippen LogP contribution < -0.4 is 4.90 Å². The van der Waals surface area contributed by atoms with E-state index in [4.69, 9.17) is 4.74 Å². The van der Waals surface area contributed by atoms with Crippen molar-refractivity contribution in [2.45, 2.75) is 51.7 Å². The minimum Gasteiger partial charge on any atom is -0.507 e. The van der Waals surface area contributed by atoms with Crippen molar-refractivity contribution in [2.75, 3.05) is 44.3 Å². The van der Waals surface area contributed by atoms with Gasteiger partial charge < -0.3 is 19.6 Å². The normalized spacial score (nSPS) is 19.8. The van der Waals surface area contributed by atoms with Crippen molar-refractivity contribution in [3.63, 3.8) is 0 Å². The van der Waals surface area contributed by atoms with Gasteiger partial charge in [-0.25, -0.2) is 0 Å². The van der Waals surface area contributed by atoms with Gasteiger partial charge in [0.1, 0.15) is 5.75 Å². The highest BCUT2D eigenvalue weighted by atomic mass is 16.5. The van der Waals surface area contributed by atoms with Crippen LogP contribution in [0.25, 0.3) is 0 Å². The Kier molecular flexibility index (Phi) is 6.30. The van der Waals surface area contributed by atoms with E-state index in [9.17, 15) is 9.90 Å². The molecule has 176 valence electrons. The molecule has 0 aliphatic carbocycles. The van der Waals surface area contributed by atoms with Crippen molar-refractivity contribution in [1.29, 1.82) is 0 Å². The quantitative estimate of drug-likeness (QED) is 0.765. The van der Waals surface area contributed by atoms with E-state index in [0.717, 1.165) is 45.0 Å². The van der Waals surface area contributed by atoms with E-state index < -0.39 is 0 Å². The van der Waals surface area contributed by atoms with Gasteiger partial charge in [0.15, 0.2) is 0 Å². The monoisotopic (exact) mass is 449 g/mol. The third-order valence-corrected chi connectivity index (χ3v) is 7.51. The molecule has 0 bridgehead atoms. The van der Waals surface area contributed by atoms with Crippen LogP contribution in [0, 0.1) is 0 Å².